The van der Waals surface area contributed by atoms with Gasteiger partial charge in [0, 0.05) is 25.5 Å². The molecular formula is C16H22N2O4S3. The lowest BCUT2D eigenvalue weighted by Gasteiger charge is -2.08. The zero-order valence-corrected chi connectivity index (χ0v) is 16.8. The number of benzene rings is 1. The van der Waals surface area contributed by atoms with Crippen LogP contribution in [0.1, 0.15) is 23.8 Å². The molecule has 0 radical (unpaired) electrons. The highest BCUT2D eigenvalue weighted by Gasteiger charge is 2.20. The number of rotatable bonds is 8. The molecule has 1 heterocycles. The van der Waals surface area contributed by atoms with Crippen molar-refractivity contribution in [3.63, 3.8) is 0 Å². The van der Waals surface area contributed by atoms with E-state index in [1.807, 2.05) is 12.1 Å². The fraction of sp³-hybridized carbons (Fsp3) is 0.375. The van der Waals surface area contributed by atoms with Gasteiger partial charge in [0.15, 0.2) is 0 Å². The van der Waals surface area contributed by atoms with E-state index in [1.54, 1.807) is 18.2 Å². The van der Waals surface area contributed by atoms with E-state index in [0.29, 0.717) is 4.88 Å². The largest absolute Gasteiger partial charge is 0.252 e. The summed E-state index contributed by atoms with van der Waals surface area (Å²) < 4.78 is 52.6. The van der Waals surface area contributed by atoms with E-state index in [-0.39, 0.29) is 15.6 Å². The quantitative estimate of drug-likeness (QED) is 0.735. The van der Waals surface area contributed by atoms with E-state index in [1.165, 1.54) is 20.2 Å². The molecule has 0 aliphatic rings. The summed E-state index contributed by atoms with van der Waals surface area (Å²) >= 11 is 1.06. The molecule has 0 amide bonds. The van der Waals surface area contributed by atoms with Gasteiger partial charge in [-0.25, -0.2) is 25.9 Å². The van der Waals surface area contributed by atoms with Gasteiger partial charge >= 0.3 is 0 Å². The minimum atomic E-state index is -3.64. The first-order chi connectivity index (χ1) is 11.7. The summed E-state index contributed by atoms with van der Waals surface area (Å²) in [5.74, 6) is 0. The number of hydrogen-bond donors (Lipinski definition) is 1. The third-order valence-corrected chi connectivity index (χ3v) is 8.37. The molecule has 0 unspecified atom stereocenters. The predicted octanol–water partition coefficient (Wildman–Crippen LogP) is 2.43. The van der Waals surface area contributed by atoms with E-state index >= 15 is 0 Å². The lowest BCUT2D eigenvalue weighted by atomic mass is 10.1. The van der Waals surface area contributed by atoms with E-state index in [9.17, 15) is 16.8 Å². The van der Waals surface area contributed by atoms with Crippen LogP contribution in [0.3, 0.4) is 0 Å². The molecule has 0 saturated carbocycles. The zero-order chi connectivity index (χ0) is 18.7. The molecule has 2 aromatic rings. The first kappa shape index (κ1) is 20.1. The Morgan fingerprint density at radius 3 is 2.20 bits per heavy atom. The van der Waals surface area contributed by atoms with Gasteiger partial charge in [-0.05, 0) is 36.2 Å². The molecule has 138 valence electrons. The van der Waals surface area contributed by atoms with Gasteiger partial charge in [-0.2, -0.15) is 0 Å². The Bertz CT molecular complexity index is 915. The Hall–Kier alpha value is -1.26. The summed E-state index contributed by atoms with van der Waals surface area (Å²) in [6.45, 7) is 2.12. The normalized spacial score (nSPS) is 12.6. The van der Waals surface area contributed by atoms with Gasteiger partial charge in [-0.3, -0.25) is 0 Å². The van der Waals surface area contributed by atoms with Gasteiger partial charge < -0.3 is 0 Å². The Labute approximate surface area is 153 Å². The van der Waals surface area contributed by atoms with Crippen LogP contribution in [0.4, 0.5) is 0 Å². The summed E-state index contributed by atoms with van der Waals surface area (Å²) in [7, 11) is -4.22. The average Bonchev–Trinajstić information content (AvgIpc) is 3.03. The maximum Gasteiger partial charge on any atom is 0.252 e. The Balaban J connectivity index is 2.09. The van der Waals surface area contributed by atoms with Crippen molar-refractivity contribution in [1.29, 1.82) is 0 Å². The van der Waals surface area contributed by atoms with Gasteiger partial charge in [0.1, 0.15) is 4.21 Å². The lowest BCUT2D eigenvalue weighted by molar-refractivity contribution is 0.523. The maximum atomic E-state index is 12.4. The Morgan fingerprint density at radius 2 is 1.64 bits per heavy atom. The van der Waals surface area contributed by atoms with Crippen molar-refractivity contribution in [2.24, 2.45) is 0 Å². The Morgan fingerprint density at radius 1 is 1.00 bits per heavy atom. The summed E-state index contributed by atoms with van der Waals surface area (Å²) in [4.78, 5) is 0.830. The molecular weight excluding hydrogens is 380 g/mol. The second-order valence-corrected chi connectivity index (χ2v) is 11.0. The second-order valence-electron chi connectivity index (χ2n) is 5.73. The highest BCUT2D eigenvalue weighted by Crippen LogP contribution is 2.24. The number of nitrogens with zero attached hydrogens (tertiary/aromatic N) is 1. The minimum Gasteiger partial charge on any atom is -0.207 e. The van der Waals surface area contributed by atoms with Crippen LogP contribution in [-0.2, 0) is 33.0 Å². The first-order valence-corrected chi connectivity index (χ1v) is 11.5. The van der Waals surface area contributed by atoms with Gasteiger partial charge in [0.05, 0.1) is 4.90 Å². The van der Waals surface area contributed by atoms with Crippen LogP contribution < -0.4 is 4.72 Å². The number of thiophene rings is 1. The average molecular weight is 403 g/mol. The SMILES string of the molecule is CCCc1ccc(S(=O)(=O)NCc2ccc(S(=O)(=O)N(C)C)s2)cc1. The Kier molecular flexibility index (Phi) is 6.39. The molecule has 1 N–H and O–H groups in total. The first-order valence-electron chi connectivity index (χ1n) is 7.76. The van der Waals surface area contributed by atoms with E-state index in [4.69, 9.17) is 0 Å². The van der Waals surface area contributed by atoms with Crippen molar-refractivity contribution in [2.75, 3.05) is 14.1 Å². The van der Waals surface area contributed by atoms with Crippen LogP contribution in [-0.4, -0.2) is 35.2 Å². The molecule has 0 aliphatic heterocycles. The third-order valence-electron chi connectivity index (χ3n) is 3.58. The highest BCUT2D eigenvalue weighted by atomic mass is 32.2. The van der Waals surface area contributed by atoms with Crippen LogP contribution in [0.2, 0.25) is 0 Å². The van der Waals surface area contributed by atoms with Crippen molar-refractivity contribution in [3.8, 4) is 0 Å². The number of nitrogens with one attached hydrogen (secondary N) is 1. The van der Waals surface area contributed by atoms with Gasteiger partial charge in [0.25, 0.3) is 10.0 Å². The van der Waals surface area contributed by atoms with Crippen LogP contribution in [0.25, 0.3) is 0 Å². The zero-order valence-electron chi connectivity index (χ0n) is 14.4. The van der Waals surface area contributed by atoms with Crippen LogP contribution >= 0.6 is 11.3 Å². The molecule has 1 aromatic heterocycles. The van der Waals surface area contributed by atoms with Crippen molar-refractivity contribution in [3.05, 3.63) is 46.8 Å². The fourth-order valence-corrected chi connectivity index (χ4v) is 5.71. The van der Waals surface area contributed by atoms with Gasteiger partial charge in [-0.1, -0.05) is 25.5 Å². The van der Waals surface area contributed by atoms with Crippen LogP contribution in [0.5, 0.6) is 0 Å². The summed E-state index contributed by atoms with van der Waals surface area (Å²) in [5, 5.41) is 0. The molecule has 2 rings (SSSR count). The van der Waals surface area contributed by atoms with Gasteiger partial charge in [0.2, 0.25) is 10.0 Å². The number of sulfonamides is 2. The highest BCUT2D eigenvalue weighted by molar-refractivity contribution is 7.91. The van der Waals surface area contributed by atoms with Crippen molar-refractivity contribution >= 4 is 31.4 Å². The van der Waals surface area contributed by atoms with E-state index in [0.717, 1.165) is 34.0 Å². The van der Waals surface area contributed by atoms with Gasteiger partial charge in [-0.15, -0.1) is 11.3 Å². The number of hydrogen-bond acceptors (Lipinski definition) is 5. The van der Waals surface area contributed by atoms with Crippen LogP contribution in [0.15, 0.2) is 45.5 Å². The maximum absolute atomic E-state index is 12.4. The monoisotopic (exact) mass is 402 g/mol. The molecule has 6 nitrogen and oxygen atoms in total. The topological polar surface area (TPSA) is 83.5 Å². The second kappa shape index (κ2) is 7.96. The smallest absolute Gasteiger partial charge is 0.207 e. The summed E-state index contributed by atoms with van der Waals surface area (Å²) in [5.41, 5.74) is 1.10. The molecule has 25 heavy (non-hydrogen) atoms. The molecule has 1 aromatic carbocycles. The molecule has 0 spiro atoms. The molecule has 0 fully saturated rings. The molecule has 0 bridgehead atoms. The van der Waals surface area contributed by atoms with Crippen molar-refractivity contribution in [1.82, 2.24) is 9.03 Å². The van der Waals surface area contributed by atoms with Crippen molar-refractivity contribution < 1.29 is 16.8 Å². The molecule has 0 atom stereocenters. The molecule has 0 aliphatic carbocycles. The minimum absolute atomic E-state index is 0.0483. The standard InChI is InChI=1S/C16H22N2O4S3/c1-4-5-13-6-9-15(10-7-13)24(19,20)17-12-14-8-11-16(23-14)25(21,22)18(2)3/h6-11,17H,4-5,12H2,1-3H3. The lowest BCUT2D eigenvalue weighted by Crippen LogP contribution is -2.23. The summed E-state index contributed by atoms with van der Waals surface area (Å²) in [6.07, 6.45) is 1.91. The van der Waals surface area contributed by atoms with E-state index in [2.05, 4.69) is 11.6 Å². The predicted molar refractivity (Wildman–Crippen MR) is 99.7 cm³/mol. The summed E-state index contributed by atoms with van der Waals surface area (Å²) in [6, 6.07) is 9.90. The van der Waals surface area contributed by atoms with Crippen LogP contribution in [0, 0.1) is 0 Å². The molecule has 9 heteroatoms. The van der Waals surface area contributed by atoms with Crippen molar-refractivity contribution in [2.45, 2.75) is 35.4 Å². The molecule has 0 saturated heterocycles. The third kappa shape index (κ3) is 4.89. The fourth-order valence-electron chi connectivity index (χ4n) is 2.15. The van der Waals surface area contributed by atoms with E-state index < -0.39 is 20.0 Å². The number of aryl methyl sites for hydroxylation is 1.